The maximum absolute atomic E-state index is 14.0. The van der Waals surface area contributed by atoms with E-state index < -0.39 is 17.0 Å². The van der Waals surface area contributed by atoms with E-state index >= 15 is 0 Å². The number of carbonyl (C=O) groups excluding carboxylic acids is 2. The maximum Gasteiger partial charge on any atom is 0.269 e. The SMILES string of the molecule is O=C1[C@H]2Cc3c([nH]c4ccccc34)C(c3cccc([N+](=O)[O-])c3)N2C(=O)CN1CCc1c[nH]c2ccccc12. The summed E-state index contributed by atoms with van der Waals surface area (Å²) >= 11 is 0. The number of aromatic nitrogens is 2. The number of piperazine rings is 1. The Hall–Kier alpha value is -4.92. The Morgan fingerprint density at radius 1 is 0.949 bits per heavy atom. The number of benzene rings is 3. The molecule has 1 saturated heterocycles. The van der Waals surface area contributed by atoms with Gasteiger partial charge in [-0.25, -0.2) is 0 Å². The van der Waals surface area contributed by atoms with Gasteiger partial charge in [0.2, 0.25) is 11.8 Å². The van der Waals surface area contributed by atoms with Gasteiger partial charge in [0.15, 0.2) is 0 Å². The molecule has 5 aromatic rings. The Bertz CT molecular complexity index is 1790. The monoisotopic (exact) mass is 519 g/mol. The van der Waals surface area contributed by atoms with Crippen LogP contribution in [0.1, 0.15) is 28.4 Å². The third kappa shape index (κ3) is 3.69. The third-order valence-electron chi connectivity index (χ3n) is 8.07. The van der Waals surface area contributed by atoms with Crippen LogP contribution in [-0.4, -0.2) is 55.6 Å². The van der Waals surface area contributed by atoms with E-state index in [0.717, 1.165) is 38.6 Å². The summed E-state index contributed by atoms with van der Waals surface area (Å²) in [6.07, 6.45) is 2.98. The van der Waals surface area contributed by atoms with Gasteiger partial charge in [0, 0.05) is 58.8 Å². The van der Waals surface area contributed by atoms with Gasteiger partial charge >= 0.3 is 0 Å². The summed E-state index contributed by atoms with van der Waals surface area (Å²) in [4.78, 5) is 48.9. The van der Waals surface area contributed by atoms with E-state index in [0.29, 0.717) is 24.9 Å². The molecule has 0 spiro atoms. The van der Waals surface area contributed by atoms with Crippen molar-refractivity contribution in [3.05, 3.63) is 111 Å². The van der Waals surface area contributed by atoms with E-state index in [4.69, 9.17) is 0 Å². The molecular weight excluding hydrogens is 494 g/mol. The van der Waals surface area contributed by atoms with Crippen LogP contribution in [0.5, 0.6) is 0 Å². The molecule has 9 nitrogen and oxygen atoms in total. The van der Waals surface area contributed by atoms with Gasteiger partial charge in [-0.2, -0.15) is 0 Å². The minimum atomic E-state index is -0.690. The van der Waals surface area contributed by atoms with Crippen LogP contribution in [0.3, 0.4) is 0 Å². The zero-order chi connectivity index (χ0) is 26.7. The molecule has 39 heavy (non-hydrogen) atoms. The Labute approximate surface area is 223 Å². The van der Waals surface area contributed by atoms with Crippen LogP contribution in [0.4, 0.5) is 5.69 Å². The molecule has 3 aromatic carbocycles. The first-order valence-electron chi connectivity index (χ1n) is 13.0. The predicted octanol–water partition coefficient (Wildman–Crippen LogP) is 4.49. The van der Waals surface area contributed by atoms with Crippen molar-refractivity contribution in [3.63, 3.8) is 0 Å². The summed E-state index contributed by atoms with van der Waals surface area (Å²) in [5.41, 5.74) is 5.39. The van der Waals surface area contributed by atoms with Crippen molar-refractivity contribution in [3.8, 4) is 0 Å². The van der Waals surface area contributed by atoms with Gasteiger partial charge < -0.3 is 19.8 Å². The Morgan fingerprint density at radius 2 is 1.72 bits per heavy atom. The highest BCUT2D eigenvalue weighted by molar-refractivity contribution is 5.97. The lowest BCUT2D eigenvalue weighted by atomic mass is 9.86. The van der Waals surface area contributed by atoms with E-state index in [1.54, 1.807) is 21.9 Å². The maximum atomic E-state index is 14.0. The van der Waals surface area contributed by atoms with Crippen molar-refractivity contribution >= 4 is 39.3 Å². The van der Waals surface area contributed by atoms with Crippen LogP contribution in [0.25, 0.3) is 21.8 Å². The van der Waals surface area contributed by atoms with Crippen molar-refractivity contribution in [2.45, 2.75) is 24.9 Å². The molecule has 9 heteroatoms. The molecule has 1 unspecified atom stereocenters. The molecule has 0 radical (unpaired) electrons. The number of hydrogen-bond acceptors (Lipinski definition) is 4. The number of fused-ring (bicyclic) bond motifs is 5. The first-order valence-corrected chi connectivity index (χ1v) is 13.0. The molecule has 194 valence electrons. The number of hydrogen-bond donors (Lipinski definition) is 2. The van der Waals surface area contributed by atoms with Crippen molar-refractivity contribution < 1.29 is 14.5 Å². The van der Waals surface area contributed by atoms with Gasteiger partial charge in [0.05, 0.1) is 17.5 Å². The lowest BCUT2D eigenvalue weighted by molar-refractivity contribution is -0.384. The number of nitro benzene ring substituents is 1. The second-order valence-corrected chi connectivity index (χ2v) is 10.2. The van der Waals surface area contributed by atoms with Crippen LogP contribution in [-0.2, 0) is 22.4 Å². The molecule has 2 aliphatic heterocycles. The molecule has 0 bridgehead atoms. The Kier molecular flexibility index (Phi) is 5.26. The molecular formula is C30H25N5O4. The third-order valence-corrected chi connectivity index (χ3v) is 8.07. The van der Waals surface area contributed by atoms with Crippen molar-refractivity contribution in [2.75, 3.05) is 13.1 Å². The topological polar surface area (TPSA) is 115 Å². The van der Waals surface area contributed by atoms with Crippen LogP contribution in [0, 0.1) is 10.1 Å². The van der Waals surface area contributed by atoms with Crippen LogP contribution < -0.4 is 0 Å². The second kappa shape index (κ2) is 8.83. The molecule has 2 atom stereocenters. The fraction of sp³-hybridized carbons (Fsp3) is 0.200. The molecule has 2 aliphatic rings. The standard InChI is InChI=1S/C30H25N5O4/c36-27-17-33(13-12-19-16-31-24-10-3-1-8-21(19)24)30(37)26-15-23-22-9-2-4-11-25(22)32-28(23)29(34(26)27)18-6-5-7-20(14-18)35(38)39/h1-11,14,16,26,29,31-32H,12-13,15,17H2/t26-,29?/m1/s1. The Balaban J connectivity index is 1.27. The van der Waals surface area contributed by atoms with Gasteiger partial charge in [-0.15, -0.1) is 0 Å². The largest absolute Gasteiger partial charge is 0.361 e. The number of nitro groups is 1. The number of H-pyrrole nitrogens is 2. The smallest absolute Gasteiger partial charge is 0.269 e. The fourth-order valence-corrected chi connectivity index (χ4v) is 6.26. The molecule has 7 rings (SSSR count). The number of aromatic amines is 2. The number of para-hydroxylation sites is 2. The number of nitrogens with one attached hydrogen (secondary N) is 2. The van der Waals surface area contributed by atoms with Gasteiger partial charge in [-0.3, -0.25) is 19.7 Å². The molecule has 0 saturated carbocycles. The molecule has 4 heterocycles. The minimum absolute atomic E-state index is 0.0291. The Morgan fingerprint density at radius 3 is 2.54 bits per heavy atom. The van der Waals surface area contributed by atoms with Gasteiger partial charge in [0.1, 0.15) is 6.04 Å². The quantitative estimate of drug-likeness (QED) is 0.263. The average molecular weight is 520 g/mol. The van der Waals surface area contributed by atoms with E-state index in [-0.39, 0.29) is 24.0 Å². The molecule has 2 amide bonds. The minimum Gasteiger partial charge on any atom is -0.361 e. The van der Waals surface area contributed by atoms with E-state index in [9.17, 15) is 19.7 Å². The molecule has 0 aliphatic carbocycles. The molecule has 2 N–H and O–H groups in total. The molecule has 1 fully saturated rings. The summed E-state index contributed by atoms with van der Waals surface area (Å²) in [5.74, 6) is -0.264. The normalized spacial score (nSPS) is 19.0. The number of amides is 2. The van der Waals surface area contributed by atoms with Gasteiger partial charge in [-0.1, -0.05) is 48.5 Å². The highest BCUT2D eigenvalue weighted by atomic mass is 16.6. The van der Waals surface area contributed by atoms with Crippen molar-refractivity contribution in [1.82, 2.24) is 19.8 Å². The number of carbonyl (C=O) groups is 2. The summed E-state index contributed by atoms with van der Waals surface area (Å²) in [6.45, 7) is 0.400. The number of nitrogens with zero attached hydrogens (tertiary/aromatic N) is 3. The van der Waals surface area contributed by atoms with Crippen LogP contribution >= 0.6 is 0 Å². The zero-order valence-corrected chi connectivity index (χ0v) is 21.0. The summed E-state index contributed by atoms with van der Waals surface area (Å²) in [6, 6.07) is 20.9. The summed E-state index contributed by atoms with van der Waals surface area (Å²) in [5, 5.41) is 13.7. The number of non-ortho nitro benzene ring substituents is 1. The van der Waals surface area contributed by atoms with Crippen molar-refractivity contribution in [2.24, 2.45) is 0 Å². The van der Waals surface area contributed by atoms with E-state index in [1.165, 1.54) is 12.1 Å². The molecule has 2 aromatic heterocycles. The lowest BCUT2D eigenvalue weighted by Gasteiger charge is -2.47. The second-order valence-electron chi connectivity index (χ2n) is 10.2. The highest BCUT2D eigenvalue weighted by Gasteiger charge is 2.48. The zero-order valence-electron chi connectivity index (χ0n) is 21.0. The van der Waals surface area contributed by atoms with Gasteiger partial charge in [0.25, 0.3) is 5.69 Å². The first-order chi connectivity index (χ1) is 19.0. The van der Waals surface area contributed by atoms with Gasteiger partial charge in [-0.05, 0) is 35.2 Å². The van der Waals surface area contributed by atoms with Crippen LogP contribution in [0.15, 0.2) is 79.0 Å². The lowest BCUT2D eigenvalue weighted by Crippen LogP contribution is -2.63. The first kappa shape index (κ1) is 23.2. The number of rotatable bonds is 5. The average Bonchev–Trinajstić information content (AvgIpc) is 3.54. The fourth-order valence-electron chi connectivity index (χ4n) is 6.26. The van der Waals surface area contributed by atoms with E-state index in [2.05, 4.69) is 16.0 Å². The van der Waals surface area contributed by atoms with Crippen molar-refractivity contribution in [1.29, 1.82) is 0 Å². The highest BCUT2D eigenvalue weighted by Crippen LogP contribution is 2.43. The van der Waals surface area contributed by atoms with E-state index in [1.807, 2.05) is 48.7 Å². The summed E-state index contributed by atoms with van der Waals surface area (Å²) < 4.78 is 0. The van der Waals surface area contributed by atoms with Crippen LogP contribution in [0.2, 0.25) is 0 Å². The predicted molar refractivity (Wildman–Crippen MR) is 146 cm³/mol. The summed E-state index contributed by atoms with van der Waals surface area (Å²) in [7, 11) is 0.